The molecule has 0 bridgehead atoms. The molecule has 0 aromatic heterocycles. The molecule has 1 heterocycles. The van der Waals surface area contributed by atoms with E-state index >= 15 is 0 Å². The first-order valence-corrected chi connectivity index (χ1v) is 4.36. The zero-order valence-electron chi connectivity index (χ0n) is 7.99. The summed E-state index contributed by atoms with van der Waals surface area (Å²) in [6.45, 7) is 1.24. The van der Waals surface area contributed by atoms with E-state index in [1.165, 1.54) is 6.92 Å². The number of carbonyl (C=O) groups is 2. The summed E-state index contributed by atoms with van der Waals surface area (Å²) in [4.78, 5) is 22.0. The number of rotatable bonds is 2. The molecule has 1 fully saturated rings. The third kappa shape index (κ3) is 2.88. The minimum atomic E-state index is -1.59. The molecule has 4 unspecified atom stereocenters. The van der Waals surface area contributed by atoms with Crippen LogP contribution in [0.1, 0.15) is 13.3 Å². The fourth-order valence-corrected chi connectivity index (χ4v) is 1.00. The van der Waals surface area contributed by atoms with E-state index < -0.39 is 43.0 Å². The Hall–Kier alpha value is -1.18. The molecule has 0 aliphatic carbocycles. The van der Waals surface area contributed by atoms with E-state index in [2.05, 4.69) is 9.47 Å². The molecule has 0 radical (unpaired) electrons. The Kier molecular flexibility index (Phi) is 3.61. The third-order valence-corrected chi connectivity index (χ3v) is 1.89. The summed E-state index contributed by atoms with van der Waals surface area (Å²) in [5.41, 5.74) is 0. The SMILES string of the molecule is CC(O)C(O)C1OC(=O)CC(O)C(=O)O1. The largest absolute Gasteiger partial charge is 0.422 e. The molecule has 1 saturated heterocycles. The van der Waals surface area contributed by atoms with Gasteiger partial charge in [-0.15, -0.1) is 0 Å². The Morgan fingerprint density at radius 1 is 1.33 bits per heavy atom. The van der Waals surface area contributed by atoms with Gasteiger partial charge in [-0.05, 0) is 6.92 Å². The van der Waals surface area contributed by atoms with Crippen LogP contribution in [0.15, 0.2) is 0 Å². The fourth-order valence-electron chi connectivity index (χ4n) is 1.00. The first kappa shape index (κ1) is 11.9. The van der Waals surface area contributed by atoms with E-state index in [9.17, 15) is 14.7 Å². The maximum Gasteiger partial charge on any atom is 0.338 e. The average Bonchev–Trinajstić information content (AvgIpc) is 2.25. The van der Waals surface area contributed by atoms with Crippen molar-refractivity contribution in [3.63, 3.8) is 0 Å². The minimum absolute atomic E-state index is 0.526. The number of carbonyl (C=O) groups excluding carboxylic acids is 2. The van der Waals surface area contributed by atoms with Gasteiger partial charge in [-0.25, -0.2) is 4.79 Å². The summed E-state index contributed by atoms with van der Waals surface area (Å²) in [6.07, 6.45) is -6.47. The number of cyclic esters (lactones) is 2. The highest BCUT2D eigenvalue weighted by atomic mass is 16.7. The minimum Gasteiger partial charge on any atom is -0.422 e. The quantitative estimate of drug-likeness (QED) is 0.457. The van der Waals surface area contributed by atoms with Crippen LogP contribution in [0, 0.1) is 0 Å². The van der Waals surface area contributed by atoms with Crippen molar-refractivity contribution in [1.29, 1.82) is 0 Å². The first-order valence-electron chi connectivity index (χ1n) is 4.36. The van der Waals surface area contributed by atoms with Gasteiger partial charge in [-0.3, -0.25) is 4.79 Å². The summed E-state index contributed by atoms with van der Waals surface area (Å²) in [5, 5.41) is 27.4. The van der Waals surface area contributed by atoms with Gasteiger partial charge >= 0.3 is 11.9 Å². The van der Waals surface area contributed by atoms with Crippen molar-refractivity contribution < 1.29 is 34.4 Å². The van der Waals surface area contributed by atoms with Gasteiger partial charge in [0, 0.05) is 0 Å². The normalized spacial score (nSPS) is 31.2. The van der Waals surface area contributed by atoms with Crippen LogP contribution in [0.5, 0.6) is 0 Å². The van der Waals surface area contributed by atoms with E-state index in [1.807, 2.05) is 0 Å². The van der Waals surface area contributed by atoms with Crippen LogP contribution in [-0.2, 0) is 19.1 Å². The summed E-state index contributed by atoms with van der Waals surface area (Å²) >= 11 is 0. The summed E-state index contributed by atoms with van der Waals surface area (Å²) in [5.74, 6) is -1.94. The Morgan fingerprint density at radius 3 is 2.47 bits per heavy atom. The lowest BCUT2D eigenvalue weighted by atomic mass is 10.2. The van der Waals surface area contributed by atoms with Crippen molar-refractivity contribution in [2.75, 3.05) is 0 Å². The molecular weight excluding hydrogens is 208 g/mol. The highest BCUT2D eigenvalue weighted by molar-refractivity contribution is 5.83. The molecular formula is C8H12O7. The number of aliphatic hydroxyl groups is 3. The number of esters is 2. The predicted octanol–water partition coefficient (Wildman–Crippen LogP) is -2.09. The zero-order chi connectivity index (χ0) is 11.6. The van der Waals surface area contributed by atoms with Crippen molar-refractivity contribution in [3.8, 4) is 0 Å². The maximum absolute atomic E-state index is 11.0. The van der Waals surface area contributed by atoms with Crippen molar-refractivity contribution >= 4 is 11.9 Å². The van der Waals surface area contributed by atoms with Crippen LogP contribution in [-0.4, -0.2) is 51.9 Å². The molecule has 86 valence electrons. The van der Waals surface area contributed by atoms with E-state index in [4.69, 9.17) is 10.2 Å². The molecule has 0 spiro atoms. The van der Waals surface area contributed by atoms with Crippen molar-refractivity contribution in [3.05, 3.63) is 0 Å². The van der Waals surface area contributed by atoms with Crippen LogP contribution in [0.4, 0.5) is 0 Å². The van der Waals surface area contributed by atoms with E-state index in [1.54, 1.807) is 0 Å². The van der Waals surface area contributed by atoms with Crippen molar-refractivity contribution in [1.82, 2.24) is 0 Å². The predicted molar refractivity (Wildman–Crippen MR) is 44.3 cm³/mol. The summed E-state index contributed by atoms with van der Waals surface area (Å²) < 4.78 is 9.00. The molecule has 1 aliphatic rings. The lowest BCUT2D eigenvalue weighted by molar-refractivity contribution is -0.211. The van der Waals surface area contributed by atoms with Crippen LogP contribution in [0.2, 0.25) is 0 Å². The number of hydrogen-bond acceptors (Lipinski definition) is 7. The highest BCUT2D eigenvalue weighted by Gasteiger charge is 2.37. The van der Waals surface area contributed by atoms with Gasteiger partial charge in [-0.2, -0.15) is 0 Å². The van der Waals surface area contributed by atoms with E-state index in [-0.39, 0.29) is 0 Å². The Morgan fingerprint density at radius 2 is 1.93 bits per heavy atom. The molecule has 7 nitrogen and oxygen atoms in total. The van der Waals surface area contributed by atoms with E-state index in [0.29, 0.717) is 0 Å². The topological polar surface area (TPSA) is 113 Å². The molecule has 1 rings (SSSR count). The summed E-state index contributed by atoms with van der Waals surface area (Å²) in [7, 11) is 0. The Bertz CT molecular complexity index is 262. The van der Waals surface area contributed by atoms with Crippen molar-refractivity contribution in [2.24, 2.45) is 0 Å². The molecule has 0 saturated carbocycles. The second-order valence-electron chi connectivity index (χ2n) is 3.25. The van der Waals surface area contributed by atoms with Crippen LogP contribution in [0.3, 0.4) is 0 Å². The first-order chi connectivity index (χ1) is 6.91. The molecule has 7 heteroatoms. The fraction of sp³-hybridized carbons (Fsp3) is 0.750. The molecule has 1 aliphatic heterocycles. The van der Waals surface area contributed by atoms with Crippen molar-refractivity contribution in [2.45, 2.75) is 37.9 Å². The Balaban J connectivity index is 2.74. The van der Waals surface area contributed by atoms with Gasteiger partial charge in [0.1, 0.15) is 0 Å². The second-order valence-corrected chi connectivity index (χ2v) is 3.25. The van der Waals surface area contributed by atoms with E-state index in [0.717, 1.165) is 0 Å². The van der Waals surface area contributed by atoms with Gasteiger partial charge in [-0.1, -0.05) is 0 Å². The lowest BCUT2D eigenvalue weighted by Gasteiger charge is -2.22. The maximum atomic E-state index is 11.0. The molecule has 3 N–H and O–H groups in total. The smallest absolute Gasteiger partial charge is 0.338 e. The van der Waals surface area contributed by atoms with Gasteiger partial charge in [0.25, 0.3) is 6.29 Å². The van der Waals surface area contributed by atoms with Gasteiger partial charge < -0.3 is 24.8 Å². The number of aliphatic hydroxyl groups excluding tert-OH is 3. The highest BCUT2D eigenvalue weighted by Crippen LogP contribution is 2.14. The number of hydrogen-bond donors (Lipinski definition) is 3. The molecule has 0 amide bonds. The Labute approximate surface area is 85.2 Å². The molecule has 15 heavy (non-hydrogen) atoms. The lowest BCUT2D eigenvalue weighted by Crippen LogP contribution is -2.41. The van der Waals surface area contributed by atoms with Gasteiger partial charge in [0.2, 0.25) is 0 Å². The standard InChI is InChI=1S/C8H12O7/c1-3(9)6(12)8-14-5(11)2-4(10)7(13)15-8/h3-4,6,8-10,12H,2H2,1H3. The monoisotopic (exact) mass is 220 g/mol. The molecule has 4 atom stereocenters. The third-order valence-electron chi connectivity index (χ3n) is 1.89. The average molecular weight is 220 g/mol. The second kappa shape index (κ2) is 4.56. The van der Waals surface area contributed by atoms with Gasteiger partial charge in [0.15, 0.2) is 12.2 Å². The van der Waals surface area contributed by atoms with Crippen LogP contribution in [0.25, 0.3) is 0 Å². The van der Waals surface area contributed by atoms with Gasteiger partial charge in [0.05, 0.1) is 12.5 Å². The summed E-state index contributed by atoms with van der Waals surface area (Å²) in [6, 6.07) is 0. The van der Waals surface area contributed by atoms with Crippen LogP contribution >= 0.6 is 0 Å². The number of ether oxygens (including phenoxy) is 2. The van der Waals surface area contributed by atoms with Crippen LogP contribution < -0.4 is 0 Å². The molecule has 0 aromatic rings. The molecule has 0 aromatic carbocycles. The zero-order valence-corrected chi connectivity index (χ0v) is 7.99.